The Balaban J connectivity index is 2.70. The molecule has 0 aromatic heterocycles. The summed E-state index contributed by atoms with van der Waals surface area (Å²) in [6.07, 6.45) is -0.269. The van der Waals surface area contributed by atoms with Crippen molar-refractivity contribution in [2.45, 2.75) is 11.3 Å². The van der Waals surface area contributed by atoms with Crippen LogP contribution in [0.15, 0.2) is 29.2 Å². The van der Waals surface area contributed by atoms with Gasteiger partial charge in [-0.25, -0.2) is 0 Å². The fourth-order valence-corrected chi connectivity index (χ4v) is 2.54. The highest BCUT2D eigenvalue weighted by molar-refractivity contribution is 8.03. The lowest BCUT2D eigenvalue weighted by Gasteiger charge is -2.17. The molecule has 0 unspecified atom stereocenters. The summed E-state index contributed by atoms with van der Waals surface area (Å²) in [5.74, 6) is -1.06. The Bertz CT molecular complexity index is 608. The lowest BCUT2D eigenvalue weighted by Crippen LogP contribution is -2.34. The molecule has 108 valence electrons. The minimum Gasteiger partial charge on any atom is -0.481 e. The summed E-state index contributed by atoms with van der Waals surface area (Å²) in [4.78, 5) is 11.1. The van der Waals surface area contributed by atoms with Crippen LogP contribution in [0.4, 0.5) is 5.69 Å². The van der Waals surface area contributed by atoms with Crippen LogP contribution in [-0.2, 0) is 15.0 Å². The Morgan fingerprint density at radius 3 is 2.55 bits per heavy atom. The molecule has 9 heteroatoms. The van der Waals surface area contributed by atoms with Gasteiger partial charge in [0.05, 0.1) is 6.42 Å². The van der Waals surface area contributed by atoms with Crippen LogP contribution in [0.25, 0.3) is 0 Å². The number of thiocyanates is 1. The zero-order valence-electron chi connectivity index (χ0n) is 10.6. The van der Waals surface area contributed by atoms with Gasteiger partial charge in [-0.05, 0) is 36.0 Å². The van der Waals surface area contributed by atoms with Crippen molar-refractivity contribution in [1.82, 2.24) is 4.31 Å². The van der Waals surface area contributed by atoms with Gasteiger partial charge in [-0.1, -0.05) is 0 Å². The van der Waals surface area contributed by atoms with Crippen LogP contribution in [0.2, 0.25) is 0 Å². The van der Waals surface area contributed by atoms with Crippen molar-refractivity contribution in [3.05, 3.63) is 24.3 Å². The zero-order valence-corrected chi connectivity index (χ0v) is 12.2. The molecule has 2 N–H and O–H groups in total. The molecule has 0 bridgehead atoms. The van der Waals surface area contributed by atoms with Crippen molar-refractivity contribution in [3.8, 4) is 5.40 Å². The topological polar surface area (TPSA) is 110 Å². The van der Waals surface area contributed by atoms with Crippen LogP contribution in [-0.4, -0.2) is 37.4 Å². The van der Waals surface area contributed by atoms with E-state index in [1.807, 2.05) is 5.40 Å². The standard InChI is InChI=1S/C11H13N3O4S2/c1-14(7-6-11(15)16)20(17,18)13-9-2-4-10(5-3-9)19-8-12/h2-5,13H,6-7H2,1H3,(H,15,16). The maximum Gasteiger partial charge on any atom is 0.304 e. The summed E-state index contributed by atoms with van der Waals surface area (Å²) in [7, 11) is -2.49. The molecule has 7 nitrogen and oxygen atoms in total. The van der Waals surface area contributed by atoms with E-state index in [2.05, 4.69) is 4.72 Å². The first-order valence-electron chi connectivity index (χ1n) is 5.47. The maximum atomic E-state index is 11.9. The molecule has 0 aliphatic rings. The summed E-state index contributed by atoms with van der Waals surface area (Å²) in [5, 5.41) is 18.9. The average Bonchev–Trinajstić information content (AvgIpc) is 2.38. The molecule has 0 heterocycles. The third kappa shape index (κ3) is 5.08. The molecule has 20 heavy (non-hydrogen) atoms. The smallest absolute Gasteiger partial charge is 0.304 e. The monoisotopic (exact) mass is 315 g/mol. The number of hydrogen-bond acceptors (Lipinski definition) is 5. The molecule has 0 aliphatic heterocycles. The number of nitriles is 1. The number of nitrogens with one attached hydrogen (secondary N) is 1. The van der Waals surface area contributed by atoms with Gasteiger partial charge >= 0.3 is 16.2 Å². The first-order chi connectivity index (χ1) is 9.35. The first kappa shape index (κ1) is 16.3. The number of carboxylic acid groups (broad SMARTS) is 1. The molecular formula is C11H13N3O4S2. The molecule has 1 aromatic rings. The third-order valence-electron chi connectivity index (χ3n) is 2.32. The van der Waals surface area contributed by atoms with E-state index in [1.165, 1.54) is 19.2 Å². The second kappa shape index (κ2) is 7.14. The molecule has 0 atom stereocenters. The van der Waals surface area contributed by atoms with Gasteiger partial charge in [0.15, 0.2) is 0 Å². The highest BCUT2D eigenvalue weighted by Crippen LogP contribution is 2.20. The summed E-state index contributed by atoms with van der Waals surface area (Å²) in [5.41, 5.74) is 0.342. The second-order valence-corrected chi connectivity index (χ2v) is 6.43. The number of hydrogen-bond donors (Lipinski definition) is 2. The Hall–Kier alpha value is -1.76. The van der Waals surface area contributed by atoms with Crippen molar-refractivity contribution >= 4 is 33.6 Å². The van der Waals surface area contributed by atoms with Crippen LogP contribution in [0.5, 0.6) is 0 Å². The molecular weight excluding hydrogens is 302 g/mol. The van der Waals surface area contributed by atoms with Crippen molar-refractivity contribution < 1.29 is 18.3 Å². The molecule has 0 aliphatic carbocycles. The molecule has 0 spiro atoms. The van der Waals surface area contributed by atoms with Gasteiger partial charge in [0.25, 0.3) is 0 Å². The summed E-state index contributed by atoms with van der Waals surface area (Å²) in [6.45, 7) is -0.118. The highest BCUT2D eigenvalue weighted by atomic mass is 32.2. The number of aliphatic carboxylic acids is 1. The molecule has 0 fully saturated rings. The van der Waals surface area contributed by atoms with Crippen LogP contribution in [0.1, 0.15) is 6.42 Å². The van der Waals surface area contributed by atoms with Crippen LogP contribution in [0, 0.1) is 10.7 Å². The Labute approximate surface area is 121 Å². The van der Waals surface area contributed by atoms with Crippen LogP contribution in [0.3, 0.4) is 0 Å². The zero-order chi connectivity index (χ0) is 15.2. The number of thioether (sulfide) groups is 1. The number of nitrogens with zero attached hydrogens (tertiary/aromatic N) is 2. The van der Waals surface area contributed by atoms with E-state index in [9.17, 15) is 13.2 Å². The SMILES string of the molecule is CN(CCC(=O)O)S(=O)(=O)Nc1ccc(SC#N)cc1. The Morgan fingerprint density at radius 2 is 2.05 bits per heavy atom. The normalized spacial score (nSPS) is 11.1. The van der Waals surface area contributed by atoms with Gasteiger partial charge in [-0.3, -0.25) is 9.52 Å². The van der Waals surface area contributed by atoms with Gasteiger partial charge in [-0.15, -0.1) is 0 Å². The van der Waals surface area contributed by atoms with Crippen molar-refractivity contribution in [2.75, 3.05) is 18.3 Å². The van der Waals surface area contributed by atoms with Crippen molar-refractivity contribution in [3.63, 3.8) is 0 Å². The fraction of sp³-hybridized carbons (Fsp3) is 0.273. The lowest BCUT2D eigenvalue weighted by atomic mass is 10.3. The predicted octanol–water partition coefficient (Wildman–Crippen LogP) is 1.32. The number of rotatable bonds is 7. The Kier molecular flexibility index (Phi) is 5.82. The number of carboxylic acids is 1. The summed E-state index contributed by atoms with van der Waals surface area (Å²) < 4.78 is 27.0. The molecule has 0 amide bonds. The van der Waals surface area contributed by atoms with Crippen LogP contribution >= 0.6 is 11.8 Å². The number of anilines is 1. The maximum absolute atomic E-state index is 11.9. The van der Waals surface area contributed by atoms with Gasteiger partial charge < -0.3 is 5.11 Å². The lowest BCUT2D eigenvalue weighted by molar-refractivity contribution is -0.137. The van der Waals surface area contributed by atoms with E-state index < -0.39 is 16.2 Å². The second-order valence-electron chi connectivity index (χ2n) is 3.79. The Morgan fingerprint density at radius 1 is 1.45 bits per heavy atom. The van der Waals surface area contributed by atoms with E-state index >= 15 is 0 Å². The van der Waals surface area contributed by atoms with E-state index in [4.69, 9.17) is 10.4 Å². The van der Waals surface area contributed by atoms with Crippen molar-refractivity contribution in [2.24, 2.45) is 0 Å². The number of carbonyl (C=O) groups is 1. The minimum atomic E-state index is -3.79. The molecule has 1 aromatic carbocycles. The van der Waals surface area contributed by atoms with E-state index in [0.717, 1.165) is 16.1 Å². The highest BCUT2D eigenvalue weighted by Gasteiger charge is 2.18. The molecule has 1 rings (SSSR count). The van der Waals surface area contributed by atoms with Gasteiger partial charge in [0, 0.05) is 24.2 Å². The van der Waals surface area contributed by atoms with E-state index in [0.29, 0.717) is 10.6 Å². The molecule has 0 radical (unpaired) electrons. The fourth-order valence-electron chi connectivity index (χ4n) is 1.24. The number of benzene rings is 1. The predicted molar refractivity (Wildman–Crippen MR) is 75.3 cm³/mol. The summed E-state index contributed by atoms with van der Waals surface area (Å²) >= 11 is 0.972. The molecule has 0 saturated heterocycles. The quantitative estimate of drug-likeness (QED) is 0.580. The van der Waals surface area contributed by atoms with Crippen LogP contribution < -0.4 is 4.72 Å². The van der Waals surface area contributed by atoms with Gasteiger partial charge in [-0.2, -0.15) is 18.0 Å². The van der Waals surface area contributed by atoms with Gasteiger partial charge in [0.1, 0.15) is 5.40 Å². The van der Waals surface area contributed by atoms with E-state index in [-0.39, 0.29) is 13.0 Å². The van der Waals surface area contributed by atoms with Crippen molar-refractivity contribution in [1.29, 1.82) is 5.26 Å². The largest absolute Gasteiger partial charge is 0.481 e. The first-order valence-corrected chi connectivity index (χ1v) is 7.72. The summed E-state index contributed by atoms with van der Waals surface area (Å²) in [6, 6.07) is 6.29. The minimum absolute atomic E-state index is 0.118. The third-order valence-corrected chi connectivity index (χ3v) is 4.41. The van der Waals surface area contributed by atoms with Gasteiger partial charge in [0.2, 0.25) is 0 Å². The molecule has 0 saturated carbocycles. The average molecular weight is 315 g/mol. The van der Waals surface area contributed by atoms with E-state index in [1.54, 1.807) is 12.1 Å².